The molecule has 166 valence electrons. The van der Waals surface area contributed by atoms with Crippen LogP contribution in [0, 0.1) is 31.9 Å². The lowest BCUT2D eigenvalue weighted by Gasteiger charge is -2.10. The van der Waals surface area contributed by atoms with Crippen LogP contribution in [0.4, 0.5) is 11.4 Å². The molecule has 0 heterocycles. The number of ether oxygens (including phenoxy) is 1. The maximum atomic E-state index is 12.6. The van der Waals surface area contributed by atoms with Crippen LogP contribution in [0.2, 0.25) is 5.02 Å². The van der Waals surface area contributed by atoms with E-state index in [1.807, 2.05) is 6.07 Å². The van der Waals surface area contributed by atoms with Crippen molar-refractivity contribution in [1.82, 2.24) is 0 Å². The second-order valence-electron chi connectivity index (χ2n) is 6.94. The molecule has 0 bridgehead atoms. The lowest BCUT2D eigenvalue weighted by Crippen LogP contribution is -2.14. The van der Waals surface area contributed by atoms with Crippen molar-refractivity contribution in [2.75, 3.05) is 5.32 Å². The molecule has 0 saturated heterocycles. The van der Waals surface area contributed by atoms with Crippen LogP contribution in [-0.2, 0) is 11.4 Å². The van der Waals surface area contributed by atoms with Gasteiger partial charge in [0.1, 0.15) is 24.0 Å². The smallest absolute Gasteiger partial charge is 0.269 e. The van der Waals surface area contributed by atoms with Crippen LogP contribution in [-0.4, -0.2) is 10.8 Å². The zero-order chi connectivity index (χ0) is 24.0. The van der Waals surface area contributed by atoms with Crippen LogP contribution in [0.3, 0.4) is 0 Å². The first kappa shape index (κ1) is 24.2. The van der Waals surface area contributed by atoms with Crippen molar-refractivity contribution in [2.24, 2.45) is 0 Å². The number of non-ortho nitro benzene ring substituents is 1. The van der Waals surface area contributed by atoms with Gasteiger partial charge >= 0.3 is 0 Å². The Hall–Kier alpha value is -3.42. The molecule has 0 aliphatic heterocycles. The summed E-state index contributed by atoms with van der Waals surface area (Å²) in [6.45, 7) is 2.03. The van der Waals surface area contributed by atoms with Gasteiger partial charge in [0.05, 0.1) is 8.49 Å². The summed E-state index contributed by atoms with van der Waals surface area (Å²) in [6, 6.07) is 18.5. The fraction of sp³-hybridized carbons (Fsp3) is 0.0833. The van der Waals surface area contributed by atoms with E-state index in [0.717, 1.165) is 9.13 Å². The van der Waals surface area contributed by atoms with Gasteiger partial charge in [0, 0.05) is 22.8 Å². The van der Waals surface area contributed by atoms with Gasteiger partial charge in [0.2, 0.25) is 0 Å². The van der Waals surface area contributed by atoms with Gasteiger partial charge in [-0.15, -0.1) is 0 Å². The van der Waals surface area contributed by atoms with Gasteiger partial charge in [-0.25, -0.2) is 0 Å². The SMILES string of the molecule is Cc1c(Cl)cccc1NC(=O)/C(C#N)=C\c1ccc(OCc2ccc([N+](=O)[O-])cc2)c(I)c1. The minimum absolute atomic E-state index is 0.0207. The molecule has 0 spiro atoms. The molecule has 0 radical (unpaired) electrons. The first-order chi connectivity index (χ1) is 15.8. The molecule has 1 N–H and O–H groups in total. The van der Waals surface area contributed by atoms with Crippen molar-refractivity contribution in [3.8, 4) is 11.8 Å². The topological polar surface area (TPSA) is 105 Å². The number of anilines is 1. The van der Waals surface area contributed by atoms with Crippen molar-refractivity contribution in [3.63, 3.8) is 0 Å². The van der Waals surface area contributed by atoms with Crippen LogP contribution in [0.1, 0.15) is 16.7 Å². The van der Waals surface area contributed by atoms with Gasteiger partial charge in [-0.2, -0.15) is 5.26 Å². The predicted molar refractivity (Wildman–Crippen MR) is 135 cm³/mol. The van der Waals surface area contributed by atoms with Crippen molar-refractivity contribution in [1.29, 1.82) is 5.26 Å². The van der Waals surface area contributed by atoms with E-state index in [1.165, 1.54) is 18.2 Å². The number of hydrogen-bond donors (Lipinski definition) is 1. The van der Waals surface area contributed by atoms with Gasteiger partial charge in [0.25, 0.3) is 11.6 Å². The molecule has 33 heavy (non-hydrogen) atoms. The maximum absolute atomic E-state index is 12.6. The third-order valence-electron chi connectivity index (χ3n) is 4.69. The zero-order valence-electron chi connectivity index (χ0n) is 17.3. The van der Waals surface area contributed by atoms with Crippen LogP contribution >= 0.6 is 34.2 Å². The number of nitro benzene ring substituents is 1. The maximum Gasteiger partial charge on any atom is 0.269 e. The van der Waals surface area contributed by atoms with E-state index in [-0.39, 0.29) is 17.9 Å². The summed E-state index contributed by atoms with van der Waals surface area (Å²) in [5.41, 5.74) is 2.68. The summed E-state index contributed by atoms with van der Waals surface area (Å²) in [4.78, 5) is 22.9. The molecule has 9 heteroatoms. The molecule has 0 aliphatic carbocycles. The van der Waals surface area contributed by atoms with Crippen molar-refractivity contribution in [2.45, 2.75) is 13.5 Å². The summed E-state index contributed by atoms with van der Waals surface area (Å²) in [6.07, 6.45) is 1.50. The first-order valence-electron chi connectivity index (χ1n) is 9.62. The number of nitrogens with zero attached hydrogens (tertiary/aromatic N) is 2. The largest absolute Gasteiger partial charge is 0.488 e. The molecule has 0 aromatic heterocycles. The second kappa shape index (κ2) is 10.9. The molecule has 3 aromatic rings. The Bertz CT molecular complexity index is 1280. The number of rotatable bonds is 7. The van der Waals surface area contributed by atoms with Crippen molar-refractivity contribution < 1.29 is 14.5 Å². The number of carbonyl (C=O) groups is 1. The van der Waals surface area contributed by atoms with Gasteiger partial charge in [0.15, 0.2) is 0 Å². The fourth-order valence-electron chi connectivity index (χ4n) is 2.85. The second-order valence-corrected chi connectivity index (χ2v) is 8.51. The Balaban J connectivity index is 1.70. The average Bonchev–Trinajstić information content (AvgIpc) is 2.80. The van der Waals surface area contributed by atoms with Crippen LogP contribution in [0.5, 0.6) is 5.75 Å². The standard InChI is InChI=1S/C24H17ClIN3O4/c1-15-20(25)3-2-4-22(15)28-24(30)18(13-27)11-17-7-10-23(21(26)12-17)33-14-16-5-8-19(9-6-16)29(31)32/h2-12H,14H2,1H3,(H,28,30)/b18-11-. The molecule has 0 unspecified atom stereocenters. The Kier molecular flexibility index (Phi) is 8.03. The van der Waals surface area contributed by atoms with E-state index >= 15 is 0 Å². The van der Waals surface area contributed by atoms with Gasteiger partial charge in [-0.1, -0.05) is 23.7 Å². The summed E-state index contributed by atoms with van der Waals surface area (Å²) in [5.74, 6) is 0.0833. The Labute approximate surface area is 208 Å². The molecule has 0 aliphatic rings. The number of nitrogens with one attached hydrogen (secondary N) is 1. The van der Waals surface area contributed by atoms with E-state index in [0.29, 0.717) is 27.6 Å². The first-order valence-corrected chi connectivity index (χ1v) is 11.1. The van der Waals surface area contributed by atoms with Crippen LogP contribution in [0.15, 0.2) is 66.2 Å². The minimum atomic E-state index is -0.531. The molecule has 7 nitrogen and oxygen atoms in total. The monoisotopic (exact) mass is 573 g/mol. The summed E-state index contributed by atoms with van der Waals surface area (Å²) >= 11 is 8.19. The number of nitro groups is 1. The number of nitriles is 1. The van der Waals surface area contributed by atoms with Gasteiger partial charge < -0.3 is 10.1 Å². The minimum Gasteiger partial charge on any atom is -0.488 e. The number of carbonyl (C=O) groups excluding carboxylic acids is 1. The molecular formula is C24H17ClIN3O4. The van der Waals surface area contributed by atoms with E-state index in [4.69, 9.17) is 16.3 Å². The highest BCUT2D eigenvalue weighted by molar-refractivity contribution is 14.1. The van der Waals surface area contributed by atoms with Crippen LogP contribution < -0.4 is 10.1 Å². The highest BCUT2D eigenvalue weighted by Crippen LogP contribution is 2.26. The molecule has 0 saturated carbocycles. The number of halogens is 2. The van der Waals surface area contributed by atoms with Crippen molar-refractivity contribution in [3.05, 3.63) is 102 Å². The molecular weight excluding hydrogens is 557 g/mol. The lowest BCUT2D eigenvalue weighted by atomic mass is 10.1. The normalized spacial score (nSPS) is 10.9. The Morgan fingerprint density at radius 1 is 1.24 bits per heavy atom. The molecule has 3 aromatic carbocycles. The number of hydrogen-bond acceptors (Lipinski definition) is 5. The quantitative estimate of drug-likeness (QED) is 0.118. The third kappa shape index (κ3) is 6.31. The zero-order valence-corrected chi connectivity index (χ0v) is 20.3. The van der Waals surface area contributed by atoms with E-state index in [2.05, 4.69) is 27.9 Å². The molecule has 3 rings (SSSR count). The molecule has 0 atom stereocenters. The average molecular weight is 574 g/mol. The highest BCUT2D eigenvalue weighted by Gasteiger charge is 2.13. The van der Waals surface area contributed by atoms with Crippen LogP contribution in [0.25, 0.3) is 6.08 Å². The Morgan fingerprint density at radius 3 is 2.61 bits per heavy atom. The molecule has 0 fully saturated rings. The predicted octanol–water partition coefficient (Wildman–Crippen LogP) is 6.29. The van der Waals surface area contributed by atoms with Crippen molar-refractivity contribution >= 4 is 57.5 Å². The lowest BCUT2D eigenvalue weighted by molar-refractivity contribution is -0.384. The highest BCUT2D eigenvalue weighted by atomic mass is 127. The molecule has 1 amide bonds. The summed E-state index contributed by atoms with van der Waals surface area (Å²) < 4.78 is 6.59. The fourth-order valence-corrected chi connectivity index (χ4v) is 3.72. The number of amides is 1. The van der Waals surface area contributed by atoms with E-state index in [1.54, 1.807) is 55.5 Å². The summed E-state index contributed by atoms with van der Waals surface area (Å²) in [7, 11) is 0. The third-order valence-corrected chi connectivity index (χ3v) is 5.94. The van der Waals surface area contributed by atoms with E-state index in [9.17, 15) is 20.2 Å². The Morgan fingerprint density at radius 2 is 1.97 bits per heavy atom. The van der Waals surface area contributed by atoms with E-state index < -0.39 is 10.8 Å². The summed E-state index contributed by atoms with van der Waals surface area (Å²) in [5, 5.41) is 23.5. The van der Waals surface area contributed by atoms with Gasteiger partial charge in [-0.3, -0.25) is 14.9 Å². The number of benzene rings is 3. The van der Waals surface area contributed by atoms with Gasteiger partial charge in [-0.05, 0) is 88.7 Å².